The number of nitrogens with zero attached hydrogens (tertiary/aromatic N) is 2. The molecule has 0 bridgehead atoms. The number of benzene rings is 2. The van der Waals surface area contributed by atoms with Gasteiger partial charge in [0.25, 0.3) is 0 Å². The molecule has 7 heteroatoms. The Morgan fingerprint density at radius 2 is 2.03 bits per heavy atom. The Morgan fingerprint density at radius 3 is 2.80 bits per heavy atom. The average molecular weight is 441 g/mol. The zero-order chi connectivity index (χ0) is 21.1. The zero-order valence-corrected chi connectivity index (χ0v) is 18.0. The Morgan fingerprint density at radius 1 is 1.20 bits per heavy atom. The number of H-pyrrole nitrogens is 1. The molecule has 4 rings (SSSR count). The average Bonchev–Trinajstić information content (AvgIpc) is 3.34. The lowest BCUT2D eigenvalue weighted by molar-refractivity contribution is -0.121. The summed E-state index contributed by atoms with van der Waals surface area (Å²) in [4.78, 5) is 15.8. The summed E-state index contributed by atoms with van der Waals surface area (Å²) in [6.45, 7) is 0.440. The van der Waals surface area contributed by atoms with E-state index in [2.05, 4.69) is 21.5 Å². The molecule has 30 heavy (non-hydrogen) atoms. The molecule has 1 atom stereocenters. The van der Waals surface area contributed by atoms with Gasteiger partial charge in [-0.15, -0.1) is 0 Å². The fourth-order valence-electron chi connectivity index (χ4n) is 3.72. The number of para-hydroxylation sites is 1. The van der Waals surface area contributed by atoms with Gasteiger partial charge in [0.15, 0.2) is 0 Å². The van der Waals surface area contributed by atoms with Gasteiger partial charge >= 0.3 is 0 Å². The molecule has 5 nitrogen and oxygen atoms in total. The van der Waals surface area contributed by atoms with Crippen molar-refractivity contribution in [2.24, 2.45) is 7.05 Å². The predicted molar refractivity (Wildman–Crippen MR) is 121 cm³/mol. The van der Waals surface area contributed by atoms with Crippen molar-refractivity contribution in [2.75, 3.05) is 6.54 Å². The van der Waals surface area contributed by atoms with Crippen molar-refractivity contribution in [1.82, 2.24) is 20.1 Å². The molecule has 4 aromatic rings. The van der Waals surface area contributed by atoms with Gasteiger partial charge < -0.3 is 10.3 Å². The summed E-state index contributed by atoms with van der Waals surface area (Å²) in [5.74, 6) is -0.109. The van der Waals surface area contributed by atoms with Crippen molar-refractivity contribution in [2.45, 2.75) is 18.8 Å². The molecule has 2 aromatic carbocycles. The third-order valence-corrected chi connectivity index (χ3v) is 5.80. The molecule has 0 aliphatic heterocycles. The summed E-state index contributed by atoms with van der Waals surface area (Å²) in [6.07, 6.45) is 6.76. The minimum atomic E-state index is -0.103. The second kappa shape index (κ2) is 8.94. The second-order valence-electron chi connectivity index (χ2n) is 7.33. The van der Waals surface area contributed by atoms with Crippen LogP contribution in [0.5, 0.6) is 0 Å². The highest BCUT2D eigenvalue weighted by Gasteiger charge is 2.21. The first-order valence-corrected chi connectivity index (χ1v) is 10.5. The number of hydrogen-bond acceptors (Lipinski definition) is 2. The lowest BCUT2D eigenvalue weighted by atomic mass is 9.90. The van der Waals surface area contributed by atoms with Crippen LogP contribution in [-0.2, 0) is 18.3 Å². The molecule has 0 spiro atoms. The molecule has 2 N–H and O–H groups in total. The number of aryl methyl sites for hydroxylation is 2. The standard InChI is InChI=1S/C23H22Cl2N4O/c1-29-14-15(11-28-29)6-9-23(30)27-13-19(17-8-7-16(24)10-21(17)25)20-12-26-22-5-3-2-4-18(20)22/h2-5,7-8,10-12,14,19,26H,6,9,13H2,1H3,(H,27,30). The van der Waals surface area contributed by atoms with Gasteiger partial charge in [-0.2, -0.15) is 5.10 Å². The molecule has 0 saturated carbocycles. The van der Waals surface area contributed by atoms with Gasteiger partial charge in [-0.05, 0) is 41.3 Å². The molecule has 0 fully saturated rings. The molecular formula is C23H22Cl2N4O. The summed E-state index contributed by atoms with van der Waals surface area (Å²) in [5, 5.41) is 9.51. The summed E-state index contributed by atoms with van der Waals surface area (Å²) < 4.78 is 1.74. The Kier molecular flexibility index (Phi) is 6.11. The Bertz CT molecular complexity index is 1180. The van der Waals surface area contributed by atoms with Crippen LogP contribution >= 0.6 is 23.2 Å². The highest BCUT2D eigenvalue weighted by molar-refractivity contribution is 6.35. The number of carbonyl (C=O) groups is 1. The molecule has 0 saturated heterocycles. The van der Waals surface area contributed by atoms with E-state index >= 15 is 0 Å². The SMILES string of the molecule is Cn1cc(CCC(=O)NCC(c2ccc(Cl)cc2Cl)c2c[nH]c3ccccc23)cn1. The summed E-state index contributed by atoms with van der Waals surface area (Å²) in [7, 11) is 1.87. The van der Waals surface area contributed by atoms with Crippen LogP contribution in [0.15, 0.2) is 61.1 Å². The van der Waals surface area contributed by atoms with Gasteiger partial charge in [-0.3, -0.25) is 9.48 Å². The number of halogens is 2. The van der Waals surface area contributed by atoms with E-state index in [-0.39, 0.29) is 11.8 Å². The number of carbonyl (C=O) groups excluding carboxylic acids is 1. The van der Waals surface area contributed by atoms with Gasteiger partial charge in [0.05, 0.1) is 6.20 Å². The number of amides is 1. The fraction of sp³-hybridized carbons (Fsp3) is 0.217. The van der Waals surface area contributed by atoms with E-state index in [1.54, 1.807) is 16.9 Å². The number of rotatable bonds is 7. The van der Waals surface area contributed by atoms with Crippen molar-refractivity contribution in [3.05, 3.63) is 87.8 Å². The van der Waals surface area contributed by atoms with Gasteiger partial charge in [-0.25, -0.2) is 0 Å². The highest BCUT2D eigenvalue weighted by atomic mass is 35.5. The molecule has 0 aliphatic rings. The lowest BCUT2D eigenvalue weighted by Crippen LogP contribution is -2.29. The number of hydrogen-bond donors (Lipinski definition) is 2. The van der Waals surface area contributed by atoms with Crippen LogP contribution < -0.4 is 5.32 Å². The number of fused-ring (bicyclic) bond motifs is 1. The van der Waals surface area contributed by atoms with E-state index in [1.165, 1.54) is 0 Å². The maximum Gasteiger partial charge on any atom is 0.220 e. The monoisotopic (exact) mass is 440 g/mol. The minimum Gasteiger partial charge on any atom is -0.361 e. The predicted octanol–water partition coefficient (Wildman–Crippen LogP) is 5.09. The number of nitrogens with one attached hydrogen (secondary N) is 2. The topological polar surface area (TPSA) is 62.7 Å². The van der Waals surface area contributed by atoms with Gasteiger partial charge in [-0.1, -0.05) is 47.5 Å². The quantitative estimate of drug-likeness (QED) is 0.420. The summed E-state index contributed by atoms with van der Waals surface area (Å²) >= 11 is 12.6. The molecule has 1 amide bonds. The maximum atomic E-state index is 12.5. The first kappa shape index (κ1) is 20.5. The van der Waals surface area contributed by atoms with Crippen molar-refractivity contribution < 1.29 is 4.79 Å². The van der Waals surface area contributed by atoms with Crippen LogP contribution in [0.1, 0.15) is 29.0 Å². The fourth-order valence-corrected chi connectivity index (χ4v) is 4.26. The van der Waals surface area contributed by atoms with Gasteiger partial charge in [0.1, 0.15) is 0 Å². The first-order chi connectivity index (χ1) is 14.5. The second-order valence-corrected chi connectivity index (χ2v) is 8.18. The largest absolute Gasteiger partial charge is 0.361 e. The van der Waals surface area contributed by atoms with Gasteiger partial charge in [0.2, 0.25) is 5.91 Å². The molecule has 2 aromatic heterocycles. The van der Waals surface area contributed by atoms with E-state index in [4.69, 9.17) is 23.2 Å². The Hall–Kier alpha value is -2.76. The summed E-state index contributed by atoms with van der Waals surface area (Å²) in [6, 6.07) is 13.6. The van der Waals surface area contributed by atoms with Crippen LogP contribution in [0.4, 0.5) is 0 Å². The van der Waals surface area contributed by atoms with Crippen molar-refractivity contribution in [3.8, 4) is 0 Å². The molecule has 2 heterocycles. The third-order valence-electron chi connectivity index (χ3n) is 5.24. The minimum absolute atomic E-state index is 0.00576. The maximum absolute atomic E-state index is 12.5. The van der Waals surface area contributed by atoms with E-state index in [0.29, 0.717) is 29.4 Å². The Balaban J connectivity index is 1.55. The molecule has 154 valence electrons. The smallest absolute Gasteiger partial charge is 0.220 e. The molecule has 0 aliphatic carbocycles. The van der Waals surface area contributed by atoms with Crippen LogP contribution in [0, 0.1) is 0 Å². The normalized spacial score (nSPS) is 12.2. The molecule has 0 radical (unpaired) electrons. The van der Waals surface area contributed by atoms with E-state index in [0.717, 1.165) is 27.6 Å². The van der Waals surface area contributed by atoms with E-state index in [9.17, 15) is 4.79 Å². The third kappa shape index (κ3) is 4.53. The van der Waals surface area contributed by atoms with E-state index < -0.39 is 0 Å². The molecular weight excluding hydrogens is 419 g/mol. The Labute approximate surface area is 185 Å². The van der Waals surface area contributed by atoms with Crippen LogP contribution in [0.25, 0.3) is 10.9 Å². The van der Waals surface area contributed by atoms with Crippen LogP contribution in [0.2, 0.25) is 10.0 Å². The number of aromatic amines is 1. The van der Waals surface area contributed by atoms with Crippen molar-refractivity contribution >= 4 is 40.0 Å². The lowest BCUT2D eigenvalue weighted by Gasteiger charge is -2.20. The van der Waals surface area contributed by atoms with Crippen LogP contribution in [0.3, 0.4) is 0 Å². The van der Waals surface area contributed by atoms with E-state index in [1.807, 2.05) is 49.8 Å². The summed E-state index contributed by atoms with van der Waals surface area (Å²) in [5.41, 5.74) is 4.10. The highest BCUT2D eigenvalue weighted by Crippen LogP contribution is 2.35. The van der Waals surface area contributed by atoms with Crippen molar-refractivity contribution in [1.29, 1.82) is 0 Å². The zero-order valence-electron chi connectivity index (χ0n) is 16.5. The van der Waals surface area contributed by atoms with Gasteiger partial charge in [0, 0.05) is 59.3 Å². The molecule has 1 unspecified atom stereocenters. The van der Waals surface area contributed by atoms with Crippen molar-refractivity contribution in [3.63, 3.8) is 0 Å². The van der Waals surface area contributed by atoms with Crippen LogP contribution in [-0.4, -0.2) is 27.2 Å². The first-order valence-electron chi connectivity index (χ1n) is 9.76. The number of aromatic nitrogens is 3.